The van der Waals surface area contributed by atoms with Crippen molar-refractivity contribution >= 4 is 12.0 Å². The van der Waals surface area contributed by atoms with Crippen molar-refractivity contribution in [1.82, 2.24) is 10.6 Å². The van der Waals surface area contributed by atoms with Crippen LogP contribution in [-0.4, -0.2) is 45.4 Å². The van der Waals surface area contributed by atoms with Crippen molar-refractivity contribution < 1.29 is 19.1 Å². The lowest BCUT2D eigenvalue weighted by Gasteiger charge is -2.41. The standard InChI is InChI=1S/C12H22N2O4/c1-9(14-11(16)18-3)10(15)13-7-12(8-17-2)5-4-6-12/h9H,4-8H2,1-3H3,(H,13,15)(H,14,16). The van der Waals surface area contributed by atoms with E-state index in [-0.39, 0.29) is 11.3 Å². The predicted octanol–water partition coefficient (Wildman–Crippen LogP) is 0.664. The van der Waals surface area contributed by atoms with E-state index in [2.05, 4.69) is 15.4 Å². The number of carbonyl (C=O) groups excluding carboxylic acids is 2. The number of rotatable bonds is 6. The number of amides is 2. The van der Waals surface area contributed by atoms with Gasteiger partial charge in [-0.15, -0.1) is 0 Å². The van der Waals surface area contributed by atoms with Gasteiger partial charge in [-0.2, -0.15) is 0 Å². The van der Waals surface area contributed by atoms with Gasteiger partial charge >= 0.3 is 6.09 Å². The van der Waals surface area contributed by atoms with Crippen molar-refractivity contribution in [2.24, 2.45) is 5.41 Å². The molecule has 0 bridgehead atoms. The van der Waals surface area contributed by atoms with Crippen molar-refractivity contribution in [2.45, 2.75) is 32.2 Å². The lowest BCUT2D eigenvalue weighted by Crippen LogP contribution is -2.50. The molecule has 0 heterocycles. The van der Waals surface area contributed by atoms with Crippen LogP contribution in [-0.2, 0) is 14.3 Å². The van der Waals surface area contributed by atoms with Crippen LogP contribution in [0.5, 0.6) is 0 Å². The molecule has 0 aliphatic heterocycles. The number of ether oxygens (including phenoxy) is 2. The zero-order valence-corrected chi connectivity index (χ0v) is 11.2. The molecule has 1 fully saturated rings. The number of methoxy groups -OCH3 is 2. The molecule has 0 spiro atoms. The van der Waals surface area contributed by atoms with Crippen molar-refractivity contribution in [2.75, 3.05) is 27.4 Å². The van der Waals surface area contributed by atoms with Crippen LogP contribution in [0.2, 0.25) is 0 Å². The van der Waals surface area contributed by atoms with Gasteiger partial charge in [0, 0.05) is 19.1 Å². The summed E-state index contributed by atoms with van der Waals surface area (Å²) < 4.78 is 9.62. The molecule has 1 rings (SSSR count). The van der Waals surface area contributed by atoms with Gasteiger partial charge in [-0.1, -0.05) is 6.42 Å². The van der Waals surface area contributed by atoms with E-state index in [0.29, 0.717) is 13.2 Å². The Labute approximate surface area is 107 Å². The summed E-state index contributed by atoms with van der Waals surface area (Å²) >= 11 is 0. The average Bonchev–Trinajstić information content (AvgIpc) is 2.31. The molecule has 104 valence electrons. The molecule has 1 saturated carbocycles. The minimum Gasteiger partial charge on any atom is -0.453 e. The maximum absolute atomic E-state index is 11.8. The predicted molar refractivity (Wildman–Crippen MR) is 66.2 cm³/mol. The third-order valence-electron chi connectivity index (χ3n) is 3.42. The van der Waals surface area contributed by atoms with Crippen molar-refractivity contribution in [3.8, 4) is 0 Å². The highest BCUT2D eigenvalue weighted by atomic mass is 16.5. The summed E-state index contributed by atoms with van der Waals surface area (Å²) in [5.74, 6) is -0.206. The van der Waals surface area contributed by atoms with E-state index < -0.39 is 12.1 Å². The number of hydrogen-bond donors (Lipinski definition) is 2. The molecule has 0 radical (unpaired) electrons. The van der Waals surface area contributed by atoms with Crippen LogP contribution in [0.3, 0.4) is 0 Å². The van der Waals surface area contributed by atoms with Crippen molar-refractivity contribution in [3.63, 3.8) is 0 Å². The molecule has 2 N–H and O–H groups in total. The highest BCUT2D eigenvalue weighted by Gasteiger charge is 2.37. The van der Waals surface area contributed by atoms with Crippen molar-refractivity contribution in [1.29, 1.82) is 0 Å². The van der Waals surface area contributed by atoms with Crippen LogP contribution in [0.15, 0.2) is 0 Å². The van der Waals surface area contributed by atoms with Crippen LogP contribution in [0, 0.1) is 5.41 Å². The van der Waals surface area contributed by atoms with Gasteiger partial charge in [-0.3, -0.25) is 4.79 Å². The lowest BCUT2D eigenvalue weighted by molar-refractivity contribution is -0.123. The summed E-state index contributed by atoms with van der Waals surface area (Å²) in [5, 5.41) is 5.28. The fourth-order valence-corrected chi connectivity index (χ4v) is 2.08. The van der Waals surface area contributed by atoms with Crippen molar-refractivity contribution in [3.05, 3.63) is 0 Å². The molecule has 0 aromatic rings. The van der Waals surface area contributed by atoms with Crippen LogP contribution in [0.4, 0.5) is 4.79 Å². The van der Waals surface area contributed by atoms with E-state index >= 15 is 0 Å². The summed E-state index contributed by atoms with van der Waals surface area (Å²) in [6.45, 7) is 2.87. The van der Waals surface area contributed by atoms with E-state index in [4.69, 9.17) is 4.74 Å². The van der Waals surface area contributed by atoms with E-state index in [1.165, 1.54) is 13.5 Å². The summed E-state index contributed by atoms with van der Waals surface area (Å²) in [6, 6.07) is -0.600. The summed E-state index contributed by atoms with van der Waals surface area (Å²) in [7, 11) is 2.94. The van der Waals surface area contributed by atoms with E-state index in [0.717, 1.165) is 12.8 Å². The Morgan fingerprint density at radius 3 is 2.44 bits per heavy atom. The average molecular weight is 258 g/mol. The summed E-state index contributed by atoms with van der Waals surface area (Å²) in [5.41, 5.74) is 0.0788. The number of carbonyl (C=O) groups is 2. The van der Waals surface area contributed by atoms with E-state index in [9.17, 15) is 9.59 Å². The Kier molecular flexibility index (Phi) is 5.40. The molecule has 1 atom stereocenters. The normalized spacial score (nSPS) is 18.4. The molecule has 1 unspecified atom stereocenters. The van der Waals surface area contributed by atoms with Gasteiger partial charge in [0.05, 0.1) is 13.7 Å². The zero-order valence-electron chi connectivity index (χ0n) is 11.2. The fourth-order valence-electron chi connectivity index (χ4n) is 2.08. The molecule has 0 aromatic heterocycles. The summed E-state index contributed by atoms with van der Waals surface area (Å²) in [6.07, 6.45) is 2.71. The first-order valence-corrected chi connectivity index (χ1v) is 6.14. The second kappa shape index (κ2) is 6.58. The van der Waals surface area contributed by atoms with Crippen LogP contribution >= 0.6 is 0 Å². The van der Waals surface area contributed by atoms with Crippen LogP contribution in [0.25, 0.3) is 0 Å². The number of nitrogens with one attached hydrogen (secondary N) is 2. The lowest BCUT2D eigenvalue weighted by atomic mass is 9.69. The maximum atomic E-state index is 11.8. The van der Waals surface area contributed by atoms with Gasteiger partial charge in [-0.25, -0.2) is 4.79 Å². The minimum atomic E-state index is -0.604. The third-order valence-corrected chi connectivity index (χ3v) is 3.42. The molecule has 0 aromatic carbocycles. The van der Waals surface area contributed by atoms with E-state index in [1.807, 2.05) is 0 Å². The largest absolute Gasteiger partial charge is 0.453 e. The SMILES string of the molecule is COCC1(CNC(=O)C(C)NC(=O)OC)CCC1. The summed E-state index contributed by atoms with van der Waals surface area (Å²) in [4.78, 5) is 22.7. The molecular formula is C12H22N2O4. The highest BCUT2D eigenvalue weighted by molar-refractivity contribution is 5.85. The third kappa shape index (κ3) is 3.87. The smallest absolute Gasteiger partial charge is 0.407 e. The Balaban J connectivity index is 2.33. The van der Waals surface area contributed by atoms with Crippen LogP contribution < -0.4 is 10.6 Å². The van der Waals surface area contributed by atoms with Gasteiger partial charge in [0.2, 0.25) is 5.91 Å². The maximum Gasteiger partial charge on any atom is 0.407 e. The second-order valence-corrected chi connectivity index (χ2v) is 4.86. The van der Waals surface area contributed by atoms with Gasteiger partial charge in [0.15, 0.2) is 0 Å². The van der Waals surface area contributed by atoms with Crippen LogP contribution in [0.1, 0.15) is 26.2 Å². The van der Waals surface area contributed by atoms with Gasteiger partial charge in [-0.05, 0) is 19.8 Å². The topological polar surface area (TPSA) is 76.7 Å². The second-order valence-electron chi connectivity index (χ2n) is 4.86. The first kappa shape index (κ1) is 14.8. The molecule has 6 heteroatoms. The Morgan fingerprint density at radius 2 is 2.00 bits per heavy atom. The Bertz CT molecular complexity index is 302. The minimum absolute atomic E-state index is 0.0788. The zero-order chi connectivity index (χ0) is 13.6. The van der Waals surface area contributed by atoms with Gasteiger partial charge < -0.3 is 20.1 Å². The molecule has 18 heavy (non-hydrogen) atoms. The number of alkyl carbamates (subject to hydrolysis) is 1. The van der Waals surface area contributed by atoms with Gasteiger partial charge in [0.25, 0.3) is 0 Å². The van der Waals surface area contributed by atoms with E-state index in [1.54, 1.807) is 14.0 Å². The first-order chi connectivity index (χ1) is 8.53. The molecular weight excluding hydrogens is 236 g/mol. The molecule has 1 aliphatic carbocycles. The quantitative estimate of drug-likeness (QED) is 0.734. The Hall–Kier alpha value is -1.30. The fraction of sp³-hybridized carbons (Fsp3) is 0.833. The first-order valence-electron chi connectivity index (χ1n) is 6.14. The monoisotopic (exact) mass is 258 g/mol. The molecule has 1 aliphatic rings. The van der Waals surface area contributed by atoms with Gasteiger partial charge in [0.1, 0.15) is 6.04 Å². The Morgan fingerprint density at radius 1 is 1.33 bits per heavy atom. The highest BCUT2D eigenvalue weighted by Crippen LogP contribution is 2.40. The molecule has 0 saturated heterocycles. The molecule has 2 amide bonds. The number of hydrogen-bond acceptors (Lipinski definition) is 4. The molecule has 6 nitrogen and oxygen atoms in total.